The van der Waals surface area contributed by atoms with Gasteiger partial charge in [-0.1, -0.05) is 56.0 Å². The van der Waals surface area contributed by atoms with E-state index in [-0.39, 0.29) is 6.10 Å². The fourth-order valence-electron chi connectivity index (χ4n) is 4.98. The van der Waals surface area contributed by atoms with Gasteiger partial charge in [0.05, 0.1) is 0 Å². The topological polar surface area (TPSA) is 12.5 Å². The number of hydrogen-bond acceptors (Lipinski definition) is 2. The predicted molar refractivity (Wildman–Crippen MR) is 84.7 cm³/mol. The highest BCUT2D eigenvalue weighted by atomic mass is 16.7. The molecule has 1 aliphatic carbocycles. The highest BCUT2D eigenvalue weighted by molar-refractivity contribution is 5.19. The number of benzene rings is 1. The number of hydroxylamine groups is 2. The molecule has 3 aliphatic rings. The lowest BCUT2D eigenvalue weighted by Gasteiger charge is -2.43. The van der Waals surface area contributed by atoms with Crippen LogP contribution in [0.4, 0.5) is 0 Å². The van der Waals surface area contributed by atoms with Crippen molar-refractivity contribution in [2.75, 3.05) is 6.54 Å². The van der Waals surface area contributed by atoms with Crippen molar-refractivity contribution < 1.29 is 4.84 Å². The maximum atomic E-state index is 6.39. The van der Waals surface area contributed by atoms with E-state index in [4.69, 9.17) is 4.84 Å². The molecule has 0 unspecified atom stereocenters. The molecular weight excluding hydrogens is 258 g/mol. The second-order valence-corrected chi connectivity index (χ2v) is 7.28. The third-order valence-electron chi connectivity index (χ3n) is 6.08. The summed E-state index contributed by atoms with van der Waals surface area (Å²) in [6.07, 6.45) is 12.8. The zero-order valence-corrected chi connectivity index (χ0v) is 13.0. The van der Waals surface area contributed by atoms with Crippen LogP contribution in [0.25, 0.3) is 0 Å². The molecule has 21 heavy (non-hydrogen) atoms. The van der Waals surface area contributed by atoms with Crippen LogP contribution in [0.5, 0.6) is 0 Å². The van der Waals surface area contributed by atoms with Crippen LogP contribution in [-0.4, -0.2) is 17.6 Å². The van der Waals surface area contributed by atoms with E-state index in [1.807, 2.05) is 0 Å². The minimum Gasteiger partial charge on any atom is -0.291 e. The standard InChI is InChI=1S/C19H27NO/c1-3-9-16(10-4-1)17-15-18-19(11-5-2-6-12-19)13-7-8-14-20(18)21-17/h1,3-4,9-10,17-18H,2,5-8,11-15H2/t17-,18-/m0/s1. The molecule has 2 heterocycles. The van der Waals surface area contributed by atoms with E-state index in [9.17, 15) is 0 Å². The third kappa shape index (κ3) is 2.53. The van der Waals surface area contributed by atoms with E-state index < -0.39 is 0 Å². The van der Waals surface area contributed by atoms with Crippen LogP contribution in [0.2, 0.25) is 0 Å². The lowest BCUT2D eigenvalue weighted by molar-refractivity contribution is -0.180. The lowest BCUT2D eigenvalue weighted by Crippen LogP contribution is -2.43. The zero-order chi connectivity index (χ0) is 14.1. The van der Waals surface area contributed by atoms with E-state index in [1.165, 1.54) is 63.4 Å². The molecule has 2 atom stereocenters. The molecule has 0 aromatic heterocycles. The van der Waals surface area contributed by atoms with E-state index in [0.717, 1.165) is 6.54 Å². The van der Waals surface area contributed by atoms with E-state index in [1.54, 1.807) is 0 Å². The molecule has 3 fully saturated rings. The van der Waals surface area contributed by atoms with Gasteiger partial charge in [-0.3, -0.25) is 4.84 Å². The molecule has 1 saturated carbocycles. The number of rotatable bonds is 1. The van der Waals surface area contributed by atoms with Crippen molar-refractivity contribution in [2.24, 2.45) is 5.41 Å². The summed E-state index contributed by atoms with van der Waals surface area (Å²) >= 11 is 0. The van der Waals surface area contributed by atoms with Gasteiger partial charge in [-0.25, -0.2) is 0 Å². The van der Waals surface area contributed by atoms with Crippen LogP contribution in [0.3, 0.4) is 0 Å². The normalized spacial score (nSPS) is 32.8. The fraction of sp³-hybridized carbons (Fsp3) is 0.684. The Morgan fingerprint density at radius 1 is 0.905 bits per heavy atom. The van der Waals surface area contributed by atoms with Crippen molar-refractivity contribution in [3.63, 3.8) is 0 Å². The summed E-state index contributed by atoms with van der Waals surface area (Å²) in [5.74, 6) is 0. The van der Waals surface area contributed by atoms with Gasteiger partial charge >= 0.3 is 0 Å². The molecule has 1 aromatic rings. The van der Waals surface area contributed by atoms with Crippen LogP contribution >= 0.6 is 0 Å². The minimum atomic E-state index is 0.285. The van der Waals surface area contributed by atoms with Gasteiger partial charge in [0, 0.05) is 12.6 Å². The summed E-state index contributed by atoms with van der Waals surface area (Å²) in [6.45, 7) is 1.13. The van der Waals surface area contributed by atoms with Gasteiger partial charge in [-0.15, -0.1) is 0 Å². The van der Waals surface area contributed by atoms with Crippen molar-refractivity contribution in [2.45, 2.75) is 69.9 Å². The van der Waals surface area contributed by atoms with Crippen LogP contribution in [-0.2, 0) is 4.84 Å². The summed E-state index contributed by atoms with van der Waals surface area (Å²) in [6, 6.07) is 11.5. The van der Waals surface area contributed by atoms with Crippen molar-refractivity contribution in [3.05, 3.63) is 35.9 Å². The maximum Gasteiger partial charge on any atom is 0.106 e. The van der Waals surface area contributed by atoms with E-state index >= 15 is 0 Å². The summed E-state index contributed by atoms with van der Waals surface area (Å²) in [7, 11) is 0. The number of hydrogen-bond donors (Lipinski definition) is 0. The molecule has 2 aliphatic heterocycles. The molecule has 0 radical (unpaired) electrons. The van der Waals surface area contributed by atoms with Crippen molar-refractivity contribution in [3.8, 4) is 0 Å². The molecule has 0 N–H and O–H groups in total. The Hall–Kier alpha value is -0.860. The molecule has 0 bridgehead atoms. The Labute approximate surface area is 128 Å². The first-order valence-electron chi connectivity index (χ1n) is 8.86. The Bertz CT molecular complexity index is 466. The fourth-order valence-corrected chi connectivity index (χ4v) is 4.98. The average Bonchev–Trinajstić information content (AvgIpc) is 2.92. The smallest absolute Gasteiger partial charge is 0.106 e. The number of nitrogens with zero attached hydrogens (tertiary/aromatic N) is 1. The summed E-state index contributed by atoms with van der Waals surface area (Å²) in [5, 5.41) is 2.38. The maximum absolute atomic E-state index is 6.39. The van der Waals surface area contributed by atoms with E-state index in [0.29, 0.717) is 11.5 Å². The van der Waals surface area contributed by atoms with Crippen molar-refractivity contribution in [1.29, 1.82) is 0 Å². The first kappa shape index (κ1) is 13.8. The van der Waals surface area contributed by atoms with Crippen LogP contribution in [0, 0.1) is 5.41 Å². The summed E-state index contributed by atoms with van der Waals surface area (Å²) in [4.78, 5) is 6.39. The van der Waals surface area contributed by atoms with Gasteiger partial charge in [0.15, 0.2) is 0 Å². The number of fused-ring (bicyclic) bond motifs is 2. The average molecular weight is 285 g/mol. The van der Waals surface area contributed by atoms with Crippen LogP contribution in [0.1, 0.15) is 69.5 Å². The first-order valence-corrected chi connectivity index (χ1v) is 8.86. The molecular formula is C19H27NO. The SMILES string of the molecule is c1ccc([C@@H]2C[C@@H]3N(CCCCC34CCCCC4)O2)cc1. The molecule has 2 heteroatoms. The Balaban J connectivity index is 1.59. The van der Waals surface area contributed by atoms with Gasteiger partial charge < -0.3 is 0 Å². The second kappa shape index (κ2) is 5.73. The van der Waals surface area contributed by atoms with Crippen molar-refractivity contribution >= 4 is 0 Å². The van der Waals surface area contributed by atoms with Gasteiger partial charge in [-0.05, 0) is 43.1 Å². The molecule has 1 spiro atoms. The van der Waals surface area contributed by atoms with Crippen LogP contribution < -0.4 is 0 Å². The van der Waals surface area contributed by atoms with Crippen LogP contribution in [0.15, 0.2) is 30.3 Å². The summed E-state index contributed by atoms with van der Waals surface area (Å²) < 4.78 is 0. The third-order valence-corrected chi connectivity index (χ3v) is 6.08. The molecule has 0 amide bonds. The highest BCUT2D eigenvalue weighted by Crippen LogP contribution is 2.52. The molecule has 2 nitrogen and oxygen atoms in total. The van der Waals surface area contributed by atoms with Crippen molar-refractivity contribution in [1.82, 2.24) is 5.06 Å². The molecule has 1 aromatic carbocycles. The lowest BCUT2D eigenvalue weighted by atomic mass is 9.65. The largest absolute Gasteiger partial charge is 0.291 e. The molecule has 114 valence electrons. The predicted octanol–water partition coefficient (Wildman–Crippen LogP) is 4.87. The first-order chi connectivity index (χ1) is 10.4. The zero-order valence-electron chi connectivity index (χ0n) is 13.0. The molecule has 4 rings (SSSR count). The Morgan fingerprint density at radius 3 is 2.38 bits per heavy atom. The van der Waals surface area contributed by atoms with Gasteiger partial charge in [0.1, 0.15) is 6.10 Å². The quantitative estimate of drug-likeness (QED) is 0.730. The van der Waals surface area contributed by atoms with Gasteiger partial charge in [0.25, 0.3) is 0 Å². The van der Waals surface area contributed by atoms with E-state index in [2.05, 4.69) is 35.4 Å². The minimum absolute atomic E-state index is 0.285. The summed E-state index contributed by atoms with van der Waals surface area (Å²) in [5.41, 5.74) is 1.91. The molecule has 2 saturated heterocycles. The van der Waals surface area contributed by atoms with Gasteiger partial charge in [0.2, 0.25) is 0 Å². The monoisotopic (exact) mass is 285 g/mol. The van der Waals surface area contributed by atoms with Gasteiger partial charge in [-0.2, -0.15) is 5.06 Å². The Morgan fingerprint density at radius 2 is 1.62 bits per heavy atom. The highest BCUT2D eigenvalue weighted by Gasteiger charge is 2.49. The Kier molecular flexibility index (Phi) is 3.76. The second-order valence-electron chi connectivity index (χ2n) is 7.28.